The molecule has 4 N–H and O–H groups in total. The summed E-state index contributed by atoms with van der Waals surface area (Å²) in [6.45, 7) is 6.85. The molecule has 1 atom stereocenters. The van der Waals surface area contributed by atoms with Crippen molar-refractivity contribution in [1.29, 1.82) is 0 Å². The summed E-state index contributed by atoms with van der Waals surface area (Å²) in [4.78, 5) is 10.5. The van der Waals surface area contributed by atoms with Gasteiger partial charge >= 0.3 is 5.97 Å². The number of rotatable bonds is 6. The Morgan fingerprint density at radius 3 is 2.08 bits per heavy atom. The van der Waals surface area contributed by atoms with Gasteiger partial charge < -0.3 is 15.9 Å². The highest BCUT2D eigenvalue weighted by molar-refractivity contribution is 5.74. The Balaban J connectivity index is 4.64. The number of carboxylic acids is 1. The zero-order chi connectivity index (χ0) is 10.5. The van der Waals surface area contributed by atoms with Crippen LogP contribution in [0.5, 0.6) is 0 Å². The van der Waals surface area contributed by atoms with Crippen LogP contribution in [0.2, 0.25) is 0 Å². The number of aliphatic hydroxyl groups is 1. The fraction of sp³-hybridized carbons (Fsp3) is 0.444. The fourth-order valence-corrected chi connectivity index (χ4v) is 1.07. The Morgan fingerprint density at radius 2 is 1.85 bits per heavy atom. The number of hydrogen-bond donors (Lipinski definition) is 3. The Bertz CT molecular complexity index is 203. The normalized spacial score (nSPS) is 13.4. The lowest BCUT2D eigenvalue weighted by Gasteiger charge is -2.29. The molecule has 0 heterocycles. The van der Waals surface area contributed by atoms with Gasteiger partial charge in [-0.2, -0.15) is 0 Å². The van der Waals surface area contributed by atoms with Crippen molar-refractivity contribution in [2.45, 2.75) is 24.5 Å². The first kappa shape index (κ1) is 11.9. The predicted molar refractivity (Wildman–Crippen MR) is 50.2 cm³/mol. The summed E-state index contributed by atoms with van der Waals surface area (Å²) in [5.41, 5.74) is 3.85. The molecule has 0 aliphatic heterocycles. The molecule has 0 rings (SSSR count). The molecule has 4 nitrogen and oxygen atoms in total. The number of carboxylic acid groups (broad SMARTS) is 1. The molecule has 0 amide bonds. The van der Waals surface area contributed by atoms with Crippen LogP contribution in [0.1, 0.15) is 12.8 Å². The Labute approximate surface area is 77.4 Å². The average molecular weight is 185 g/mol. The molecule has 0 saturated carbocycles. The SMILES string of the molecule is C=CCC(O)(CC=C)C(N)C(=O)O. The third-order valence-corrected chi connectivity index (χ3v) is 1.84. The Kier molecular flexibility index (Phi) is 4.37. The summed E-state index contributed by atoms with van der Waals surface area (Å²) in [7, 11) is 0. The molecule has 0 fully saturated rings. The van der Waals surface area contributed by atoms with Gasteiger partial charge in [0.2, 0.25) is 0 Å². The van der Waals surface area contributed by atoms with Gasteiger partial charge in [0, 0.05) is 0 Å². The minimum absolute atomic E-state index is 0.131. The van der Waals surface area contributed by atoms with Crippen LogP contribution in [0.4, 0.5) is 0 Å². The van der Waals surface area contributed by atoms with Crippen molar-refractivity contribution in [3.05, 3.63) is 25.3 Å². The van der Waals surface area contributed by atoms with E-state index in [1.54, 1.807) is 0 Å². The van der Waals surface area contributed by atoms with Gasteiger partial charge in [-0.3, -0.25) is 4.79 Å². The highest BCUT2D eigenvalue weighted by Crippen LogP contribution is 2.20. The van der Waals surface area contributed by atoms with Gasteiger partial charge in [-0.25, -0.2) is 0 Å². The monoisotopic (exact) mass is 185 g/mol. The second kappa shape index (κ2) is 4.79. The van der Waals surface area contributed by atoms with Crippen LogP contribution in [-0.4, -0.2) is 27.8 Å². The van der Waals surface area contributed by atoms with Gasteiger partial charge in [-0.1, -0.05) is 12.2 Å². The lowest BCUT2D eigenvalue weighted by molar-refractivity contribution is -0.145. The highest BCUT2D eigenvalue weighted by Gasteiger charge is 2.36. The molecule has 0 aliphatic carbocycles. The van der Waals surface area contributed by atoms with Gasteiger partial charge in [-0.05, 0) is 12.8 Å². The molecule has 0 saturated heterocycles. The average Bonchev–Trinajstić information content (AvgIpc) is 2.03. The van der Waals surface area contributed by atoms with Crippen LogP contribution >= 0.6 is 0 Å². The van der Waals surface area contributed by atoms with Crippen LogP contribution in [0.15, 0.2) is 25.3 Å². The molecule has 0 aliphatic rings. The predicted octanol–water partition coefficient (Wildman–Crippen LogP) is 0.282. The van der Waals surface area contributed by atoms with Crippen LogP contribution in [-0.2, 0) is 4.79 Å². The number of aliphatic carboxylic acids is 1. The smallest absolute Gasteiger partial charge is 0.323 e. The quantitative estimate of drug-likeness (QED) is 0.519. The van der Waals surface area contributed by atoms with Crippen molar-refractivity contribution in [3.63, 3.8) is 0 Å². The molecular formula is C9H15NO3. The van der Waals surface area contributed by atoms with Gasteiger partial charge in [0.25, 0.3) is 0 Å². The third-order valence-electron chi connectivity index (χ3n) is 1.84. The number of carbonyl (C=O) groups is 1. The first-order valence-electron chi connectivity index (χ1n) is 3.90. The van der Waals surface area contributed by atoms with E-state index < -0.39 is 17.6 Å². The van der Waals surface area contributed by atoms with E-state index >= 15 is 0 Å². The first-order valence-corrected chi connectivity index (χ1v) is 3.90. The van der Waals surface area contributed by atoms with Crippen LogP contribution in [0.3, 0.4) is 0 Å². The molecule has 74 valence electrons. The lowest BCUT2D eigenvalue weighted by atomic mass is 9.88. The van der Waals surface area contributed by atoms with Crippen molar-refractivity contribution in [1.82, 2.24) is 0 Å². The highest BCUT2D eigenvalue weighted by atomic mass is 16.4. The maximum absolute atomic E-state index is 10.5. The minimum Gasteiger partial charge on any atom is -0.480 e. The second-order valence-corrected chi connectivity index (χ2v) is 2.91. The summed E-state index contributed by atoms with van der Waals surface area (Å²) >= 11 is 0. The van der Waals surface area contributed by atoms with E-state index in [1.165, 1.54) is 12.2 Å². The van der Waals surface area contributed by atoms with Crippen molar-refractivity contribution >= 4 is 5.97 Å². The van der Waals surface area contributed by atoms with Crippen LogP contribution < -0.4 is 5.73 Å². The van der Waals surface area contributed by atoms with E-state index in [1.807, 2.05) is 0 Å². The molecular weight excluding hydrogens is 170 g/mol. The molecule has 0 aromatic rings. The third kappa shape index (κ3) is 3.01. The molecule has 0 aromatic carbocycles. The summed E-state index contributed by atoms with van der Waals surface area (Å²) in [5.74, 6) is -1.23. The minimum atomic E-state index is -1.48. The molecule has 0 spiro atoms. The van der Waals surface area contributed by atoms with Gasteiger partial charge in [0.15, 0.2) is 0 Å². The molecule has 0 aromatic heterocycles. The van der Waals surface area contributed by atoms with Gasteiger partial charge in [0.05, 0.1) is 5.60 Å². The van der Waals surface area contributed by atoms with Crippen LogP contribution in [0, 0.1) is 0 Å². The summed E-state index contributed by atoms with van der Waals surface area (Å²) in [5, 5.41) is 18.4. The maximum Gasteiger partial charge on any atom is 0.323 e. The van der Waals surface area contributed by atoms with E-state index in [4.69, 9.17) is 10.8 Å². The zero-order valence-corrected chi connectivity index (χ0v) is 7.44. The lowest BCUT2D eigenvalue weighted by Crippen LogP contribution is -2.52. The molecule has 4 heteroatoms. The number of nitrogens with two attached hydrogens (primary N) is 1. The molecule has 0 radical (unpaired) electrons. The molecule has 1 unspecified atom stereocenters. The second-order valence-electron chi connectivity index (χ2n) is 2.91. The topological polar surface area (TPSA) is 83.5 Å². The Morgan fingerprint density at radius 1 is 1.46 bits per heavy atom. The van der Waals surface area contributed by atoms with Crippen molar-refractivity contribution in [3.8, 4) is 0 Å². The van der Waals surface area contributed by atoms with Crippen molar-refractivity contribution in [2.75, 3.05) is 0 Å². The largest absolute Gasteiger partial charge is 0.480 e. The fourth-order valence-electron chi connectivity index (χ4n) is 1.07. The van der Waals surface area contributed by atoms with E-state index in [-0.39, 0.29) is 12.8 Å². The van der Waals surface area contributed by atoms with Crippen LogP contribution in [0.25, 0.3) is 0 Å². The summed E-state index contributed by atoms with van der Waals surface area (Å²) in [6, 6.07) is -1.32. The molecule has 13 heavy (non-hydrogen) atoms. The zero-order valence-electron chi connectivity index (χ0n) is 7.44. The summed E-state index contributed by atoms with van der Waals surface area (Å²) in [6.07, 6.45) is 3.14. The Hall–Kier alpha value is -1.13. The standard InChI is InChI=1S/C9H15NO3/c1-3-5-9(13,6-4-2)7(10)8(11)12/h3-4,7,13H,1-2,5-6,10H2,(H,11,12). The van der Waals surface area contributed by atoms with E-state index in [0.29, 0.717) is 0 Å². The van der Waals surface area contributed by atoms with Crippen molar-refractivity contribution < 1.29 is 15.0 Å². The van der Waals surface area contributed by atoms with Crippen molar-refractivity contribution in [2.24, 2.45) is 5.73 Å². The maximum atomic E-state index is 10.5. The first-order chi connectivity index (χ1) is 5.98. The number of hydrogen-bond acceptors (Lipinski definition) is 3. The molecule has 0 bridgehead atoms. The van der Waals surface area contributed by atoms with E-state index in [0.717, 1.165) is 0 Å². The summed E-state index contributed by atoms with van der Waals surface area (Å²) < 4.78 is 0. The van der Waals surface area contributed by atoms with E-state index in [9.17, 15) is 9.90 Å². The van der Waals surface area contributed by atoms with Gasteiger partial charge in [0.1, 0.15) is 6.04 Å². The van der Waals surface area contributed by atoms with Gasteiger partial charge in [-0.15, -0.1) is 13.2 Å². The van der Waals surface area contributed by atoms with E-state index in [2.05, 4.69) is 13.2 Å².